The molecule has 1 aliphatic heterocycles. The number of nitrogens with zero attached hydrogens (tertiary/aromatic N) is 3. The van der Waals surface area contributed by atoms with Crippen LogP contribution >= 0.6 is 15.6 Å². The zero-order valence-corrected chi connectivity index (χ0v) is 20.1. The fourth-order valence-electron chi connectivity index (χ4n) is 3.19. The number of fused-ring (bicyclic) bond motifs is 1. The minimum Gasteiger partial charge on any atom is -0.387 e. The van der Waals surface area contributed by atoms with Gasteiger partial charge in [0.25, 0.3) is 5.56 Å². The molecule has 2 aromatic rings. The Bertz CT molecular complexity index is 1250. The van der Waals surface area contributed by atoms with E-state index in [0.717, 1.165) is 12.4 Å². The van der Waals surface area contributed by atoms with Crippen molar-refractivity contribution < 1.29 is 52.0 Å². The van der Waals surface area contributed by atoms with Gasteiger partial charge in [-0.15, -0.1) is 0 Å². The first kappa shape index (κ1) is 27.5. The second-order valence-corrected chi connectivity index (χ2v) is 10.5. The smallest absolute Gasteiger partial charge is 0.387 e. The Balaban J connectivity index is 1.60. The van der Waals surface area contributed by atoms with Gasteiger partial charge in [-0.25, -0.2) is 19.1 Å². The van der Waals surface area contributed by atoms with Crippen LogP contribution in [0.3, 0.4) is 0 Å². The van der Waals surface area contributed by atoms with Crippen molar-refractivity contribution in [3.8, 4) is 0 Å². The Labute approximate surface area is 197 Å². The number of hydrogen-bond acceptors (Lipinski definition) is 12. The lowest BCUT2D eigenvalue weighted by Crippen LogP contribution is -2.33. The van der Waals surface area contributed by atoms with Crippen molar-refractivity contribution in [2.75, 3.05) is 13.2 Å². The number of carbonyl (C=O) groups excluding carboxylic acids is 1. The number of imidazole rings is 1. The number of phosphoric ester groups is 2. The minimum atomic E-state index is -5.19. The molecule has 18 heteroatoms. The van der Waals surface area contributed by atoms with Crippen molar-refractivity contribution in [2.24, 2.45) is 0 Å². The summed E-state index contributed by atoms with van der Waals surface area (Å²) in [5.41, 5.74) is -0.504. The number of phosphoric acid groups is 2. The average molecular weight is 538 g/mol. The number of ether oxygens (including phenoxy) is 1. The monoisotopic (exact) mass is 538 g/mol. The lowest BCUT2D eigenvalue weighted by Gasteiger charge is -2.19. The highest BCUT2D eigenvalue weighted by molar-refractivity contribution is 7.61. The molecule has 2 unspecified atom stereocenters. The van der Waals surface area contributed by atoms with Crippen molar-refractivity contribution in [3.63, 3.8) is 0 Å². The predicted octanol–water partition coefficient (Wildman–Crippen LogP) is -0.167. The predicted molar refractivity (Wildman–Crippen MR) is 116 cm³/mol. The highest BCUT2D eigenvalue weighted by Gasteiger charge is 2.46. The highest BCUT2D eigenvalue weighted by Crippen LogP contribution is 2.60. The molecule has 3 rings (SSSR count). The number of aryl methyl sites for hydroxylation is 1. The Hall–Kier alpha value is -2.10. The molecule has 5 N–H and O–H groups in total. The molecule has 16 nitrogen and oxygen atoms in total. The molecule has 0 radical (unpaired) electrons. The Morgan fingerprint density at radius 3 is 2.66 bits per heavy atom. The first-order valence-electron chi connectivity index (χ1n) is 10.1. The van der Waals surface area contributed by atoms with Gasteiger partial charge in [-0.2, -0.15) is 4.31 Å². The maximum absolute atomic E-state index is 12.1. The van der Waals surface area contributed by atoms with Gasteiger partial charge in [0.1, 0.15) is 24.1 Å². The molecule has 35 heavy (non-hydrogen) atoms. The second-order valence-electron chi connectivity index (χ2n) is 7.44. The summed E-state index contributed by atoms with van der Waals surface area (Å²) in [4.78, 5) is 53.0. The van der Waals surface area contributed by atoms with Gasteiger partial charge in [-0.3, -0.25) is 23.2 Å². The van der Waals surface area contributed by atoms with Crippen LogP contribution in [0.15, 0.2) is 23.8 Å². The van der Waals surface area contributed by atoms with Crippen molar-refractivity contribution in [2.45, 2.75) is 44.3 Å². The number of aliphatic hydroxyl groups excluding tert-OH is 2. The maximum Gasteiger partial charge on any atom is 0.481 e. The number of aromatic nitrogens is 4. The fraction of sp³-hybridized carbons (Fsp3) is 0.529. The maximum atomic E-state index is 12.1. The molecule has 2 aromatic heterocycles. The van der Waals surface area contributed by atoms with Crippen LogP contribution in [0.2, 0.25) is 0 Å². The van der Waals surface area contributed by atoms with Crippen LogP contribution in [-0.2, 0) is 32.0 Å². The largest absolute Gasteiger partial charge is 0.481 e. The second kappa shape index (κ2) is 10.9. The SMILES string of the molecule is C=CC(=O)CCCOP(=O)(O)OP(=O)(O)OC[C@H]1O[C@@H](n2cnc3c(=O)[nH]c(C)nc32)[C@H](O)[C@@H]1O. The summed E-state index contributed by atoms with van der Waals surface area (Å²) in [7, 11) is -10.2. The van der Waals surface area contributed by atoms with Crippen molar-refractivity contribution in [1.82, 2.24) is 19.5 Å². The van der Waals surface area contributed by atoms with Gasteiger partial charge < -0.3 is 29.7 Å². The number of hydrogen-bond donors (Lipinski definition) is 5. The van der Waals surface area contributed by atoms with Crippen molar-refractivity contribution in [1.29, 1.82) is 0 Å². The van der Waals surface area contributed by atoms with Gasteiger partial charge in [0.15, 0.2) is 23.2 Å². The molecular weight excluding hydrogens is 514 g/mol. The van der Waals surface area contributed by atoms with Gasteiger partial charge in [-0.05, 0) is 19.4 Å². The van der Waals surface area contributed by atoms with E-state index in [1.807, 2.05) is 0 Å². The Morgan fingerprint density at radius 2 is 1.97 bits per heavy atom. The normalized spacial score (nSPS) is 25.9. The van der Waals surface area contributed by atoms with E-state index in [0.29, 0.717) is 0 Å². The molecule has 1 aliphatic rings. The lowest BCUT2D eigenvalue weighted by atomic mass is 10.1. The van der Waals surface area contributed by atoms with E-state index < -0.39 is 59.0 Å². The Morgan fingerprint density at radius 1 is 1.29 bits per heavy atom. The highest BCUT2D eigenvalue weighted by atomic mass is 31.3. The van der Waals surface area contributed by atoms with Crippen LogP contribution in [0.4, 0.5) is 0 Å². The van der Waals surface area contributed by atoms with E-state index in [-0.39, 0.29) is 35.6 Å². The number of nitrogens with one attached hydrogen (secondary N) is 1. The molecule has 1 saturated heterocycles. The van der Waals surface area contributed by atoms with E-state index in [9.17, 15) is 38.7 Å². The van der Waals surface area contributed by atoms with Crippen LogP contribution in [0.1, 0.15) is 24.9 Å². The van der Waals surface area contributed by atoms with Gasteiger partial charge in [0, 0.05) is 6.42 Å². The zero-order chi connectivity index (χ0) is 26.0. The van der Waals surface area contributed by atoms with Gasteiger partial charge in [0.05, 0.1) is 19.5 Å². The number of allylic oxidation sites excluding steroid dienone is 1. The number of aliphatic hydroxyl groups is 2. The molecule has 194 valence electrons. The van der Waals surface area contributed by atoms with Crippen LogP contribution in [0, 0.1) is 6.92 Å². The third-order valence-corrected chi connectivity index (χ3v) is 7.46. The summed E-state index contributed by atoms with van der Waals surface area (Å²) in [6.07, 6.45) is -3.64. The number of rotatable bonds is 12. The lowest BCUT2D eigenvalue weighted by molar-refractivity contribution is -0.114. The van der Waals surface area contributed by atoms with E-state index in [1.165, 1.54) is 11.5 Å². The number of ketones is 1. The summed E-state index contributed by atoms with van der Waals surface area (Å²) in [6, 6.07) is 0. The summed E-state index contributed by atoms with van der Waals surface area (Å²) in [5, 5.41) is 20.7. The van der Waals surface area contributed by atoms with Crippen LogP contribution in [-0.4, -0.2) is 76.8 Å². The number of H-pyrrole nitrogens is 1. The third kappa shape index (κ3) is 6.77. The molecule has 0 aliphatic carbocycles. The number of aromatic amines is 1. The van der Waals surface area contributed by atoms with Gasteiger partial charge in [0.2, 0.25) is 0 Å². The van der Waals surface area contributed by atoms with E-state index in [2.05, 4.69) is 34.9 Å². The van der Waals surface area contributed by atoms with E-state index in [1.54, 1.807) is 0 Å². The van der Waals surface area contributed by atoms with Crippen LogP contribution in [0.25, 0.3) is 11.2 Å². The van der Waals surface area contributed by atoms with E-state index >= 15 is 0 Å². The first-order valence-corrected chi connectivity index (χ1v) is 13.1. The standard InChI is InChI=1S/C17H24N4O12P2/c1-3-10(22)5-4-6-30-34(26,27)33-35(28,29)31-7-11-13(23)14(24)17(32-11)21-8-18-12-15(21)19-9(2)20-16(12)25/h3,8,11,13-14,17,23-24H,1,4-7H2,2H3,(H,26,27)(H,28,29)(H,19,20,25)/t11-,13-,14-,17-/m1/s1. The molecule has 0 spiro atoms. The molecule has 0 saturated carbocycles. The van der Waals surface area contributed by atoms with Gasteiger partial charge in [-0.1, -0.05) is 6.58 Å². The number of carbonyl (C=O) groups is 1. The summed E-state index contributed by atoms with van der Waals surface area (Å²) in [6.45, 7) is 3.53. The summed E-state index contributed by atoms with van der Waals surface area (Å²) in [5.74, 6) is -0.0611. The van der Waals surface area contributed by atoms with Crippen LogP contribution < -0.4 is 5.56 Å². The molecule has 6 atom stereocenters. The van der Waals surface area contributed by atoms with Crippen molar-refractivity contribution in [3.05, 3.63) is 35.2 Å². The summed E-state index contributed by atoms with van der Waals surface area (Å²) >= 11 is 0. The van der Waals surface area contributed by atoms with Gasteiger partial charge >= 0.3 is 15.6 Å². The minimum absolute atomic E-state index is 0.0210. The van der Waals surface area contributed by atoms with E-state index in [4.69, 9.17) is 4.74 Å². The fourth-order valence-corrected chi connectivity index (χ4v) is 5.31. The quantitative estimate of drug-likeness (QED) is 0.134. The first-order chi connectivity index (χ1) is 16.3. The Kier molecular flexibility index (Phi) is 8.55. The molecule has 0 bridgehead atoms. The van der Waals surface area contributed by atoms with Crippen LogP contribution in [0.5, 0.6) is 0 Å². The molecule has 0 aromatic carbocycles. The molecule has 1 fully saturated rings. The molecular formula is C17H24N4O12P2. The average Bonchev–Trinajstić information content (AvgIpc) is 3.30. The third-order valence-electron chi connectivity index (χ3n) is 4.82. The molecule has 0 amide bonds. The van der Waals surface area contributed by atoms with Crippen molar-refractivity contribution >= 4 is 32.6 Å². The topological polar surface area (TPSA) is 233 Å². The summed E-state index contributed by atoms with van der Waals surface area (Å²) < 4.78 is 44.0. The zero-order valence-electron chi connectivity index (χ0n) is 18.3. The molecule has 3 heterocycles.